The van der Waals surface area contributed by atoms with Gasteiger partial charge in [0.25, 0.3) is 0 Å². The fourth-order valence-corrected chi connectivity index (χ4v) is 5.03. The van der Waals surface area contributed by atoms with E-state index in [2.05, 4.69) is 48.9 Å². The van der Waals surface area contributed by atoms with E-state index in [-0.39, 0.29) is 0 Å². The highest BCUT2D eigenvalue weighted by Crippen LogP contribution is 2.39. The Morgan fingerprint density at radius 1 is 1.21 bits per heavy atom. The number of hydrogen-bond donors (Lipinski definition) is 1. The predicted molar refractivity (Wildman–Crippen MR) is 112 cm³/mol. The summed E-state index contributed by atoms with van der Waals surface area (Å²) < 4.78 is 5.86. The van der Waals surface area contributed by atoms with Crippen molar-refractivity contribution in [3.63, 3.8) is 0 Å². The minimum atomic E-state index is 0.349. The van der Waals surface area contributed by atoms with Crippen molar-refractivity contribution in [3.8, 4) is 0 Å². The van der Waals surface area contributed by atoms with Gasteiger partial charge in [-0.05, 0) is 75.3 Å². The normalized spacial score (nSPS) is 27.4. The first-order chi connectivity index (χ1) is 13.5. The molecule has 3 rings (SSSR count). The van der Waals surface area contributed by atoms with Crippen LogP contribution in [0.1, 0.15) is 65.2 Å². The molecule has 1 aliphatic carbocycles. The van der Waals surface area contributed by atoms with Crippen molar-refractivity contribution in [2.24, 2.45) is 29.6 Å². The van der Waals surface area contributed by atoms with Crippen LogP contribution in [0.25, 0.3) is 0 Å². The Morgan fingerprint density at radius 2 is 1.93 bits per heavy atom. The van der Waals surface area contributed by atoms with Crippen LogP contribution in [0.3, 0.4) is 0 Å². The van der Waals surface area contributed by atoms with E-state index in [0.29, 0.717) is 36.2 Å². The summed E-state index contributed by atoms with van der Waals surface area (Å²) in [6, 6.07) is 0. The predicted octanol–water partition coefficient (Wildman–Crippen LogP) is 4.12. The second kappa shape index (κ2) is 10.0. The molecule has 0 spiro atoms. The van der Waals surface area contributed by atoms with Gasteiger partial charge in [-0.2, -0.15) is 0 Å². The first kappa shape index (κ1) is 21.5. The van der Waals surface area contributed by atoms with E-state index in [4.69, 9.17) is 4.42 Å². The number of piperidine rings is 1. The Balaban J connectivity index is 1.63. The van der Waals surface area contributed by atoms with Crippen LogP contribution in [0.15, 0.2) is 16.1 Å². The van der Waals surface area contributed by atoms with Crippen molar-refractivity contribution in [1.82, 2.24) is 15.1 Å². The van der Waals surface area contributed by atoms with Gasteiger partial charge in [-0.3, -0.25) is 0 Å². The quantitative estimate of drug-likeness (QED) is 0.678. The molecule has 1 fully saturated rings. The van der Waals surface area contributed by atoms with Gasteiger partial charge in [0, 0.05) is 26.0 Å². The van der Waals surface area contributed by atoms with Gasteiger partial charge in [-0.1, -0.05) is 32.4 Å². The summed E-state index contributed by atoms with van der Waals surface area (Å²) in [5.74, 6) is 4.59. The van der Waals surface area contributed by atoms with E-state index in [1.807, 2.05) is 0 Å². The molecule has 1 aromatic rings. The molecule has 5 heteroatoms. The highest BCUT2D eigenvalue weighted by Gasteiger charge is 2.34. The van der Waals surface area contributed by atoms with Gasteiger partial charge < -0.3 is 14.4 Å². The molecule has 1 N–H and O–H groups in total. The summed E-state index contributed by atoms with van der Waals surface area (Å²) in [5.41, 5.74) is 1.49. The number of likely N-dealkylation sites (tertiary alicyclic amines) is 1. The summed E-state index contributed by atoms with van der Waals surface area (Å²) in [4.78, 5) is 2.62. The zero-order chi connectivity index (χ0) is 20.1. The number of aliphatic hydroxyl groups is 1. The van der Waals surface area contributed by atoms with E-state index in [9.17, 15) is 5.11 Å². The minimum absolute atomic E-state index is 0.349. The highest BCUT2D eigenvalue weighted by molar-refractivity contribution is 5.14. The lowest BCUT2D eigenvalue weighted by atomic mass is 9.69. The molecule has 0 amide bonds. The van der Waals surface area contributed by atoms with E-state index in [1.54, 1.807) is 0 Å². The van der Waals surface area contributed by atoms with Gasteiger partial charge in [-0.25, -0.2) is 0 Å². The molecule has 1 saturated heterocycles. The SMILES string of the molecule is CCCc1nnc(CC2CC(C(C)C)C(CN3CCC(CO)CC3)C=C2C)o1. The lowest BCUT2D eigenvalue weighted by Crippen LogP contribution is -2.41. The molecular weight excluding hydrogens is 350 g/mol. The third-order valence-corrected chi connectivity index (χ3v) is 6.91. The maximum Gasteiger partial charge on any atom is 0.217 e. The Labute approximate surface area is 170 Å². The average molecular weight is 390 g/mol. The summed E-state index contributed by atoms with van der Waals surface area (Å²) in [7, 11) is 0. The monoisotopic (exact) mass is 389 g/mol. The molecule has 2 aliphatic rings. The molecule has 3 unspecified atom stereocenters. The summed E-state index contributed by atoms with van der Waals surface area (Å²) in [6.45, 7) is 12.9. The second-order valence-electron chi connectivity index (χ2n) is 9.39. The second-order valence-corrected chi connectivity index (χ2v) is 9.39. The van der Waals surface area contributed by atoms with E-state index in [0.717, 1.165) is 63.5 Å². The zero-order valence-corrected chi connectivity index (χ0v) is 18.2. The van der Waals surface area contributed by atoms with Crippen LogP contribution >= 0.6 is 0 Å². The fourth-order valence-electron chi connectivity index (χ4n) is 5.03. The highest BCUT2D eigenvalue weighted by atomic mass is 16.4. The molecule has 0 bridgehead atoms. The standard InChI is InChI=1S/C23H39N3O2/c1-5-6-22-24-25-23(28-22)13-19-12-21(16(2)3)20(11-17(19)4)14-26-9-7-18(15-27)8-10-26/h11,16,18-21,27H,5-10,12-15H2,1-4H3. The molecule has 5 nitrogen and oxygen atoms in total. The number of hydrogen-bond acceptors (Lipinski definition) is 5. The molecule has 0 saturated carbocycles. The van der Waals surface area contributed by atoms with Crippen molar-refractivity contribution < 1.29 is 9.52 Å². The number of aromatic nitrogens is 2. The molecule has 0 radical (unpaired) electrons. The summed E-state index contributed by atoms with van der Waals surface area (Å²) in [6.07, 6.45) is 8.81. The van der Waals surface area contributed by atoms with Crippen LogP contribution in [0.4, 0.5) is 0 Å². The third kappa shape index (κ3) is 5.44. The Hall–Kier alpha value is -1.20. The summed E-state index contributed by atoms with van der Waals surface area (Å²) in [5, 5.41) is 17.9. The average Bonchev–Trinajstić information content (AvgIpc) is 3.11. The smallest absolute Gasteiger partial charge is 0.217 e. The Bertz CT molecular complexity index is 632. The molecule has 1 aliphatic heterocycles. The number of aliphatic hydroxyl groups excluding tert-OH is 1. The van der Waals surface area contributed by atoms with Gasteiger partial charge in [0.05, 0.1) is 0 Å². The third-order valence-electron chi connectivity index (χ3n) is 6.91. The van der Waals surface area contributed by atoms with Crippen LogP contribution in [0, 0.1) is 29.6 Å². The van der Waals surface area contributed by atoms with Crippen molar-refractivity contribution >= 4 is 0 Å². The first-order valence-electron chi connectivity index (χ1n) is 11.3. The number of nitrogens with zero attached hydrogens (tertiary/aromatic N) is 3. The van der Waals surface area contributed by atoms with Gasteiger partial charge in [0.15, 0.2) is 0 Å². The van der Waals surface area contributed by atoms with Crippen LogP contribution in [0.2, 0.25) is 0 Å². The molecule has 0 aromatic carbocycles. The van der Waals surface area contributed by atoms with Gasteiger partial charge in [0.2, 0.25) is 11.8 Å². The lowest BCUT2D eigenvalue weighted by molar-refractivity contribution is 0.103. The largest absolute Gasteiger partial charge is 0.425 e. The minimum Gasteiger partial charge on any atom is -0.425 e. The van der Waals surface area contributed by atoms with E-state index < -0.39 is 0 Å². The topological polar surface area (TPSA) is 62.4 Å². The van der Waals surface area contributed by atoms with Crippen molar-refractivity contribution in [1.29, 1.82) is 0 Å². The lowest BCUT2D eigenvalue weighted by Gasteiger charge is -2.40. The number of allylic oxidation sites excluding steroid dienone is 1. The molecular formula is C23H39N3O2. The van der Waals surface area contributed by atoms with Crippen LogP contribution in [-0.2, 0) is 12.8 Å². The van der Waals surface area contributed by atoms with E-state index >= 15 is 0 Å². The fraction of sp³-hybridized carbons (Fsp3) is 0.826. The van der Waals surface area contributed by atoms with Crippen LogP contribution in [-0.4, -0.2) is 46.4 Å². The summed E-state index contributed by atoms with van der Waals surface area (Å²) >= 11 is 0. The Morgan fingerprint density at radius 3 is 2.57 bits per heavy atom. The van der Waals surface area contributed by atoms with Gasteiger partial charge >= 0.3 is 0 Å². The molecule has 2 heterocycles. The van der Waals surface area contributed by atoms with Gasteiger partial charge in [0.1, 0.15) is 0 Å². The van der Waals surface area contributed by atoms with Crippen molar-refractivity contribution in [2.75, 3.05) is 26.2 Å². The Kier molecular flexibility index (Phi) is 7.69. The van der Waals surface area contributed by atoms with E-state index in [1.165, 1.54) is 12.0 Å². The number of aryl methyl sites for hydroxylation is 1. The zero-order valence-electron chi connectivity index (χ0n) is 18.2. The molecule has 158 valence electrons. The van der Waals surface area contributed by atoms with Crippen LogP contribution < -0.4 is 0 Å². The van der Waals surface area contributed by atoms with Crippen molar-refractivity contribution in [3.05, 3.63) is 23.4 Å². The molecule has 1 aromatic heterocycles. The maximum absolute atomic E-state index is 9.38. The number of rotatable bonds is 8. The molecule has 3 atom stereocenters. The first-order valence-corrected chi connectivity index (χ1v) is 11.3. The van der Waals surface area contributed by atoms with Gasteiger partial charge in [-0.15, -0.1) is 10.2 Å². The maximum atomic E-state index is 9.38. The molecule has 28 heavy (non-hydrogen) atoms. The van der Waals surface area contributed by atoms with Crippen LogP contribution in [0.5, 0.6) is 0 Å². The van der Waals surface area contributed by atoms with Crippen molar-refractivity contribution in [2.45, 2.75) is 66.2 Å².